The van der Waals surface area contributed by atoms with Gasteiger partial charge in [0, 0.05) is 69.4 Å². The van der Waals surface area contributed by atoms with Gasteiger partial charge in [-0.15, -0.1) is 0 Å². The molecule has 6 rings (SSSR count). The molecule has 0 aliphatic heterocycles. The van der Waals surface area contributed by atoms with Gasteiger partial charge in [-0.3, -0.25) is 29.6 Å². The Labute approximate surface area is 591 Å². The van der Waals surface area contributed by atoms with Crippen LogP contribution in [0.25, 0.3) is 0 Å². The number of carbonyl (C=O) groups excluding carboxylic acids is 2. The summed E-state index contributed by atoms with van der Waals surface area (Å²) in [6.45, 7) is 48.8. The topological polar surface area (TPSA) is 183 Å². The number of nitrogens with zero attached hydrogens (tertiary/aromatic N) is 4. The Balaban J connectivity index is 1.08. The smallest absolute Gasteiger partial charge is 0.314 e. The summed E-state index contributed by atoms with van der Waals surface area (Å²) in [6.07, 6.45) is 25.0. The van der Waals surface area contributed by atoms with Gasteiger partial charge in [0.2, 0.25) is 0 Å². The van der Waals surface area contributed by atoms with Crippen molar-refractivity contribution >= 4 is 36.8 Å². The van der Waals surface area contributed by atoms with E-state index in [1.54, 1.807) is 36.7 Å². The predicted molar refractivity (Wildman–Crippen MR) is 410 cm³/mol. The summed E-state index contributed by atoms with van der Waals surface area (Å²) in [4.78, 5) is 48.8. The van der Waals surface area contributed by atoms with Gasteiger partial charge in [-0.1, -0.05) is 214 Å². The van der Waals surface area contributed by atoms with Crippen LogP contribution in [0.4, 0.5) is 0 Å². The van der Waals surface area contributed by atoms with Crippen molar-refractivity contribution in [2.45, 2.75) is 324 Å². The van der Waals surface area contributed by atoms with E-state index in [1.807, 2.05) is 54.0 Å². The van der Waals surface area contributed by atoms with Crippen molar-refractivity contribution in [3.8, 4) is 34.5 Å². The minimum absolute atomic E-state index is 0.108. The molecule has 2 fully saturated rings. The lowest BCUT2D eigenvalue weighted by Gasteiger charge is -2.28. The number of ether oxygens (including phenoxy) is 2. The second kappa shape index (κ2) is 34.0. The van der Waals surface area contributed by atoms with Gasteiger partial charge < -0.3 is 29.9 Å². The molecule has 12 nitrogen and oxygen atoms in total. The van der Waals surface area contributed by atoms with Crippen LogP contribution < -0.4 is 9.47 Å². The highest BCUT2D eigenvalue weighted by Gasteiger charge is 2.32. The number of rotatable bonds is 26. The van der Waals surface area contributed by atoms with E-state index < -0.39 is 10.8 Å². The lowest BCUT2D eigenvalue weighted by molar-refractivity contribution is -0.140. The number of aromatic hydroxyl groups is 4. The maximum atomic E-state index is 14.2. The van der Waals surface area contributed by atoms with Gasteiger partial charge in [-0.05, 0) is 169 Å². The van der Waals surface area contributed by atoms with Gasteiger partial charge >= 0.3 is 11.9 Å². The SMILES string of the molecule is C=C(CCCC(CCC)C(=O)Oc1cc(C=N[C@@H]2CCCC[C@H]2N=Cc2cc(C(C)(C)C)cc(C(C)(C)C)c2O)c(O)c(C(C)(C)C)c1)C(=CCCCC(CCC)C(=O)Oc1cc(C=N[C@@H]2CCCC[C@H]2N=Cc2cc(C(C)(C)C)cc(C(C)(C)C)c2O)c(O)c(C(C)(C)C)c1)CC. The summed E-state index contributed by atoms with van der Waals surface area (Å²) >= 11 is 0. The average Bonchev–Trinajstić information content (AvgIpc) is 0.811. The number of carbonyl (C=O) groups is 2. The molecule has 0 aromatic heterocycles. The van der Waals surface area contributed by atoms with Crippen LogP contribution in [0.1, 0.15) is 323 Å². The van der Waals surface area contributed by atoms with Crippen LogP contribution in [0.15, 0.2) is 92.3 Å². The van der Waals surface area contributed by atoms with Crippen LogP contribution in [0.5, 0.6) is 34.5 Å². The number of phenolic OH excluding ortho intramolecular Hbond substituents is 4. The highest BCUT2D eigenvalue weighted by Crippen LogP contribution is 2.43. The number of benzene rings is 4. The zero-order valence-electron chi connectivity index (χ0n) is 64.3. The Hall–Kier alpha value is -6.82. The summed E-state index contributed by atoms with van der Waals surface area (Å²) < 4.78 is 12.5. The molecule has 2 unspecified atom stereocenters. The van der Waals surface area contributed by atoms with Crippen molar-refractivity contribution < 1.29 is 39.5 Å². The zero-order chi connectivity index (χ0) is 72.9. The molecule has 0 heterocycles. The standard InChI is InChI=1S/C86H126N4O8/c1-23-33-57(79(95)97-65-45-61(77(93)69(49-65)85(17,18)19)53-89-73-41-30-28-39-71(73)87-51-59-43-63(81(5,6)7)47-67(75(59)91)83(11,12)13)37-27-26-36-56(25-3)55(4)35-32-38-58(34-24-2)80(96)98-66-46-62(78(94)70(50-66)86(20,21)22)54-90-74-42-31-29-40-72(74)88-52-60-44-64(82(8,9)10)48-68(76(60)92)84(14,15)16/h36,43-54,57-58,71-74,91-94H,4,23-35,37-42H2,1-3,5-22H3/t57?,58?,71-,72-,73-,74-/m1/s1. The highest BCUT2D eigenvalue weighted by atomic mass is 16.5. The van der Waals surface area contributed by atoms with Crippen LogP contribution in [-0.4, -0.2) is 81.4 Å². The molecule has 2 aliphatic rings. The molecule has 98 heavy (non-hydrogen) atoms. The third-order valence-corrected chi connectivity index (χ3v) is 19.9. The maximum absolute atomic E-state index is 14.2. The minimum atomic E-state index is -0.461. The van der Waals surface area contributed by atoms with E-state index in [4.69, 9.17) is 29.4 Å². The first-order valence-corrected chi connectivity index (χ1v) is 37.1. The fraction of sp³-hybridized carbons (Fsp3) is 0.605. The van der Waals surface area contributed by atoms with Crippen LogP contribution in [-0.2, 0) is 42.1 Å². The lowest BCUT2D eigenvalue weighted by Crippen LogP contribution is -2.27. The zero-order valence-corrected chi connectivity index (χ0v) is 64.3. The third kappa shape index (κ3) is 22.3. The fourth-order valence-corrected chi connectivity index (χ4v) is 13.6. The molecular weight excluding hydrogens is 1220 g/mol. The molecule has 4 aromatic carbocycles. The Morgan fingerprint density at radius 3 is 1.05 bits per heavy atom. The van der Waals surface area contributed by atoms with E-state index >= 15 is 0 Å². The number of phenols is 4. The van der Waals surface area contributed by atoms with Crippen molar-refractivity contribution in [2.24, 2.45) is 31.8 Å². The number of hydrogen-bond donors (Lipinski definition) is 4. The number of allylic oxidation sites excluding steroid dienone is 3. The summed E-state index contributed by atoms with van der Waals surface area (Å²) in [5, 5.41) is 46.6. The molecular formula is C86H126N4O8. The number of esters is 2. The fourth-order valence-electron chi connectivity index (χ4n) is 13.6. The molecule has 4 N–H and O–H groups in total. The Bertz CT molecular complexity index is 3540. The van der Waals surface area contributed by atoms with Gasteiger partial charge in [0.15, 0.2) is 0 Å². The summed E-state index contributed by atoms with van der Waals surface area (Å²) in [6, 6.07) is 14.9. The molecule has 2 saturated carbocycles. The van der Waals surface area contributed by atoms with Gasteiger partial charge in [-0.25, -0.2) is 0 Å². The Kier molecular flexibility index (Phi) is 27.8. The van der Waals surface area contributed by atoms with Crippen LogP contribution in [0.2, 0.25) is 0 Å². The monoisotopic (exact) mass is 1340 g/mol. The average molecular weight is 1340 g/mol. The van der Waals surface area contributed by atoms with E-state index in [9.17, 15) is 30.0 Å². The lowest BCUT2D eigenvalue weighted by atomic mass is 9.79. The molecule has 6 atom stereocenters. The van der Waals surface area contributed by atoms with E-state index in [2.05, 4.69) is 141 Å². The molecule has 0 radical (unpaired) electrons. The first-order valence-electron chi connectivity index (χ1n) is 37.1. The molecule has 0 saturated heterocycles. The summed E-state index contributed by atoms with van der Waals surface area (Å²) in [5.74, 6) is 0.307. The Morgan fingerprint density at radius 2 is 0.755 bits per heavy atom. The van der Waals surface area contributed by atoms with Crippen molar-refractivity contribution in [3.63, 3.8) is 0 Å². The second-order valence-electron chi connectivity index (χ2n) is 34.5. The van der Waals surface area contributed by atoms with Gasteiger partial charge in [0.1, 0.15) is 34.5 Å². The molecule has 4 aromatic rings. The van der Waals surface area contributed by atoms with Gasteiger partial charge in [0.05, 0.1) is 36.0 Å². The minimum Gasteiger partial charge on any atom is -0.507 e. The maximum Gasteiger partial charge on any atom is 0.314 e. The van der Waals surface area contributed by atoms with Crippen molar-refractivity contribution in [3.05, 3.63) is 128 Å². The van der Waals surface area contributed by atoms with Gasteiger partial charge in [0.25, 0.3) is 0 Å². The van der Waals surface area contributed by atoms with Crippen LogP contribution in [0, 0.1) is 11.8 Å². The van der Waals surface area contributed by atoms with E-state index in [0.717, 1.165) is 124 Å². The number of aliphatic imine (C=N–C) groups is 4. The predicted octanol–water partition coefficient (Wildman–Crippen LogP) is 21.6. The first kappa shape index (κ1) is 80.2. The Morgan fingerprint density at radius 1 is 0.449 bits per heavy atom. The van der Waals surface area contributed by atoms with Crippen molar-refractivity contribution in [1.29, 1.82) is 0 Å². The van der Waals surface area contributed by atoms with Crippen molar-refractivity contribution in [1.82, 2.24) is 0 Å². The summed E-state index contributed by atoms with van der Waals surface area (Å²) in [5.41, 5.74) is 8.38. The molecule has 2 aliphatic carbocycles. The molecule has 12 heteroatoms. The first-order chi connectivity index (χ1) is 45.6. The van der Waals surface area contributed by atoms with E-state index in [0.29, 0.717) is 70.6 Å². The highest BCUT2D eigenvalue weighted by molar-refractivity contribution is 5.89. The van der Waals surface area contributed by atoms with E-state index in [1.165, 1.54) is 5.57 Å². The van der Waals surface area contributed by atoms with E-state index in [-0.39, 0.29) is 92.6 Å². The quantitative estimate of drug-likeness (QED) is 0.0157. The molecule has 0 amide bonds. The second-order valence-corrected chi connectivity index (χ2v) is 34.5. The number of unbranched alkanes of at least 4 members (excludes halogenated alkanes) is 1. The van der Waals surface area contributed by atoms with Gasteiger partial charge in [-0.2, -0.15) is 0 Å². The molecule has 0 spiro atoms. The third-order valence-electron chi connectivity index (χ3n) is 19.9. The largest absolute Gasteiger partial charge is 0.507 e. The van der Waals surface area contributed by atoms with Crippen LogP contribution in [0.3, 0.4) is 0 Å². The van der Waals surface area contributed by atoms with Crippen LogP contribution >= 0.6 is 0 Å². The normalized spacial score (nSPS) is 18.7. The summed E-state index contributed by atoms with van der Waals surface area (Å²) in [7, 11) is 0. The number of hydrogen-bond acceptors (Lipinski definition) is 12. The van der Waals surface area contributed by atoms with Crippen molar-refractivity contribution in [2.75, 3.05) is 0 Å². The molecule has 0 bridgehead atoms. The molecule has 538 valence electrons.